The van der Waals surface area contributed by atoms with Crippen molar-refractivity contribution in [1.82, 2.24) is 15.1 Å². The van der Waals surface area contributed by atoms with E-state index in [1.54, 1.807) is 0 Å². The monoisotopic (exact) mass is 331 g/mol. The first-order valence-corrected chi connectivity index (χ1v) is 8.88. The van der Waals surface area contributed by atoms with Crippen molar-refractivity contribution in [1.29, 1.82) is 0 Å². The number of benzene rings is 1. The second-order valence-corrected chi connectivity index (χ2v) is 6.82. The highest BCUT2D eigenvalue weighted by Gasteiger charge is 2.40. The predicted octanol–water partition coefficient (Wildman–Crippen LogP) is 0.721. The van der Waals surface area contributed by atoms with Gasteiger partial charge in [-0.3, -0.25) is 9.69 Å². The third-order valence-electron chi connectivity index (χ3n) is 5.23. The van der Waals surface area contributed by atoms with E-state index >= 15 is 0 Å². The molecule has 6 heteroatoms. The Hall–Kier alpha value is -1.79. The normalized spacial score (nSPS) is 30.4. The molecular weight excluding hydrogens is 306 g/mol. The highest BCUT2D eigenvalue weighted by atomic mass is 16.6. The number of ether oxygens (including phenoxy) is 2. The largest absolute Gasteiger partial charge is 0.482 e. The van der Waals surface area contributed by atoms with Crippen LogP contribution in [0, 0.1) is 0 Å². The lowest BCUT2D eigenvalue weighted by Crippen LogP contribution is -2.52. The van der Waals surface area contributed by atoms with Crippen molar-refractivity contribution >= 4 is 5.91 Å². The van der Waals surface area contributed by atoms with Crippen molar-refractivity contribution in [2.45, 2.75) is 31.6 Å². The Kier molecular flexibility index (Phi) is 4.33. The van der Waals surface area contributed by atoms with Crippen LogP contribution in [0.25, 0.3) is 0 Å². The topological polar surface area (TPSA) is 54.0 Å². The lowest BCUT2D eigenvalue weighted by Gasteiger charge is -2.34. The summed E-state index contributed by atoms with van der Waals surface area (Å²) in [6.45, 7) is 7.73. The number of hydrogen-bond acceptors (Lipinski definition) is 5. The van der Waals surface area contributed by atoms with Crippen molar-refractivity contribution in [2.24, 2.45) is 0 Å². The fourth-order valence-electron chi connectivity index (χ4n) is 3.86. The van der Waals surface area contributed by atoms with Gasteiger partial charge >= 0.3 is 0 Å². The fourth-order valence-corrected chi connectivity index (χ4v) is 3.86. The first-order chi connectivity index (χ1) is 11.7. The number of fused-ring (bicyclic) bond motifs is 1. The Morgan fingerprint density at radius 1 is 1.12 bits per heavy atom. The number of likely N-dealkylation sites (tertiary alicyclic amines) is 1. The number of nitrogens with one attached hydrogen (secondary N) is 1. The molecule has 3 aliphatic rings. The first-order valence-electron chi connectivity index (χ1n) is 8.88. The number of piperazine rings is 1. The van der Waals surface area contributed by atoms with Gasteiger partial charge in [-0.25, -0.2) is 0 Å². The molecule has 3 heterocycles. The van der Waals surface area contributed by atoms with Crippen LogP contribution in [0.2, 0.25) is 0 Å². The molecule has 3 atom stereocenters. The van der Waals surface area contributed by atoms with E-state index in [4.69, 9.17) is 9.47 Å². The van der Waals surface area contributed by atoms with Gasteiger partial charge in [0.05, 0.1) is 0 Å². The number of hydrogen-bond donors (Lipinski definition) is 1. The maximum absolute atomic E-state index is 12.9. The van der Waals surface area contributed by atoms with E-state index in [0.717, 1.165) is 45.7 Å². The van der Waals surface area contributed by atoms with Gasteiger partial charge in [0.25, 0.3) is 5.91 Å². The minimum absolute atomic E-state index is 0.0506. The Bertz CT molecular complexity index is 603. The average molecular weight is 331 g/mol. The van der Waals surface area contributed by atoms with Crippen LogP contribution in [0.5, 0.6) is 11.5 Å². The van der Waals surface area contributed by atoms with Gasteiger partial charge < -0.3 is 19.7 Å². The van der Waals surface area contributed by atoms with Gasteiger partial charge in [-0.1, -0.05) is 12.1 Å². The zero-order valence-corrected chi connectivity index (χ0v) is 14.1. The highest BCUT2D eigenvalue weighted by molar-refractivity contribution is 5.82. The van der Waals surface area contributed by atoms with Crippen LogP contribution in [0.15, 0.2) is 24.3 Å². The molecule has 0 spiro atoms. The van der Waals surface area contributed by atoms with E-state index < -0.39 is 6.10 Å². The van der Waals surface area contributed by atoms with E-state index in [0.29, 0.717) is 17.5 Å². The second-order valence-electron chi connectivity index (χ2n) is 6.82. The van der Waals surface area contributed by atoms with Crippen LogP contribution in [0.4, 0.5) is 0 Å². The van der Waals surface area contributed by atoms with E-state index in [2.05, 4.69) is 10.2 Å². The Morgan fingerprint density at radius 3 is 2.58 bits per heavy atom. The molecule has 2 saturated heterocycles. The smallest absolute Gasteiger partial charge is 0.267 e. The molecule has 24 heavy (non-hydrogen) atoms. The van der Waals surface area contributed by atoms with Gasteiger partial charge in [0.2, 0.25) is 6.10 Å². The molecule has 0 aromatic heterocycles. The summed E-state index contributed by atoms with van der Waals surface area (Å²) in [5.74, 6) is 1.43. The maximum Gasteiger partial charge on any atom is 0.267 e. The van der Waals surface area contributed by atoms with Crippen LogP contribution in [0.1, 0.15) is 13.3 Å². The molecule has 3 aliphatic heterocycles. The molecule has 2 fully saturated rings. The summed E-state index contributed by atoms with van der Waals surface area (Å²) in [5.41, 5.74) is 0. The lowest BCUT2D eigenvalue weighted by molar-refractivity contribution is -0.143. The zero-order valence-electron chi connectivity index (χ0n) is 14.1. The van der Waals surface area contributed by atoms with Crippen LogP contribution in [-0.4, -0.2) is 73.2 Å². The highest BCUT2D eigenvalue weighted by Crippen LogP contribution is 2.34. The molecule has 0 saturated carbocycles. The predicted molar refractivity (Wildman–Crippen MR) is 90.4 cm³/mol. The number of carbonyl (C=O) groups is 1. The van der Waals surface area contributed by atoms with Gasteiger partial charge in [0, 0.05) is 45.3 Å². The summed E-state index contributed by atoms with van der Waals surface area (Å²) in [6, 6.07) is 8.02. The molecular formula is C18H25N3O3. The SMILES string of the molecule is CC1Oc2ccccc2OC1C(=O)N1CCC(N2CCNCC2)C1. The van der Waals surface area contributed by atoms with Gasteiger partial charge in [0.15, 0.2) is 11.5 Å². The van der Waals surface area contributed by atoms with E-state index in [-0.39, 0.29) is 12.0 Å². The maximum atomic E-state index is 12.9. The van der Waals surface area contributed by atoms with Gasteiger partial charge in [-0.15, -0.1) is 0 Å². The third-order valence-corrected chi connectivity index (χ3v) is 5.23. The standard InChI is InChI=1S/C18H25N3O3/c1-13-17(24-16-5-3-2-4-15(16)23-13)18(22)21-9-6-14(12-21)20-10-7-19-8-11-20/h2-5,13-14,17,19H,6-12H2,1H3. The number of nitrogens with zero attached hydrogens (tertiary/aromatic N) is 2. The summed E-state index contributed by atoms with van der Waals surface area (Å²) in [6.07, 6.45) is 0.219. The Morgan fingerprint density at radius 2 is 1.83 bits per heavy atom. The summed E-state index contributed by atoms with van der Waals surface area (Å²) in [4.78, 5) is 17.4. The molecule has 4 rings (SSSR count). The van der Waals surface area contributed by atoms with Crippen molar-refractivity contribution in [3.8, 4) is 11.5 Å². The minimum Gasteiger partial charge on any atom is -0.482 e. The Balaban J connectivity index is 1.41. The molecule has 130 valence electrons. The van der Waals surface area contributed by atoms with E-state index in [1.165, 1.54) is 0 Å². The number of amides is 1. The van der Waals surface area contributed by atoms with E-state index in [1.807, 2.05) is 36.1 Å². The fraction of sp³-hybridized carbons (Fsp3) is 0.611. The van der Waals surface area contributed by atoms with Crippen molar-refractivity contribution in [3.63, 3.8) is 0 Å². The summed E-state index contributed by atoms with van der Waals surface area (Å²) >= 11 is 0. The molecule has 1 amide bonds. The average Bonchev–Trinajstić information content (AvgIpc) is 3.11. The minimum atomic E-state index is -0.554. The first kappa shape index (κ1) is 15.7. The molecule has 1 aromatic rings. The van der Waals surface area contributed by atoms with Crippen molar-refractivity contribution in [3.05, 3.63) is 24.3 Å². The molecule has 3 unspecified atom stereocenters. The van der Waals surface area contributed by atoms with Crippen molar-refractivity contribution < 1.29 is 14.3 Å². The van der Waals surface area contributed by atoms with Crippen molar-refractivity contribution in [2.75, 3.05) is 39.3 Å². The quantitative estimate of drug-likeness (QED) is 0.865. The van der Waals surface area contributed by atoms with Crippen LogP contribution < -0.4 is 14.8 Å². The zero-order chi connectivity index (χ0) is 16.5. The molecule has 0 bridgehead atoms. The second kappa shape index (κ2) is 6.61. The van der Waals surface area contributed by atoms with Gasteiger partial charge in [0.1, 0.15) is 6.10 Å². The van der Waals surface area contributed by atoms with Crippen LogP contribution in [0.3, 0.4) is 0 Å². The third kappa shape index (κ3) is 2.96. The molecule has 0 aliphatic carbocycles. The number of para-hydroxylation sites is 2. The lowest BCUT2D eigenvalue weighted by atomic mass is 10.1. The molecule has 1 N–H and O–H groups in total. The van der Waals surface area contributed by atoms with Crippen LogP contribution in [-0.2, 0) is 4.79 Å². The van der Waals surface area contributed by atoms with E-state index in [9.17, 15) is 4.79 Å². The van der Waals surface area contributed by atoms with Gasteiger partial charge in [-0.2, -0.15) is 0 Å². The molecule has 6 nitrogen and oxygen atoms in total. The number of carbonyl (C=O) groups excluding carboxylic acids is 1. The Labute approximate surface area is 142 Å². The molecule has 0 radical (unpaired) electrons. The summed E-state index contributed by atoms with van der Waals surface area (Å²) < 4.78 is 11.8. The molecule has 1 aromatic carbocycles. The number of rotatable bonds is 2. The van der Waals surface area contributed by atoms with Crippen LogP contribution >= 0.6 is 0 Å². The summed E-state index contributed by atoms with van der Waals surface area (Å²) in [7, 11) is 0. The van der Waals surface area contributed by atoms with Gasteiger partial charge in [-0.05, 0) is 25.5 Å². The summed E-state index contributed by atoms with van der Waals surface area (Å²) in [5, 5.41) is 3.38.